The topological polar surface area (TPSA) is 83.8 Å². The molecule has 1 aromatic rings. The van der Waals surface area contributed by atoms with E-state index in [-0.39, 0.29) is 30.8 Å². The molecule has 0 aliphatic heterocycles. The SMILES string of the molecule is CCOC(=O)c1ccc(CCC(=O)O)c(O)c1. The highest BCUT2D eigenvalue weighted by atomic mass is 16.5. The van der Waals surface area contributed by atoms with E-state index in [0.29, 0.717) is 5.56 Å². The molecule has 1 aromatic carbocycles. The average Bonchev–Trinajstić information content (AvgIpc) is 2.27. The van der Waals surface area contributed by atoms with Gasteiger partial charge in [-0.15, -0.1) is 0 Å². The smallest absolute Gasteiger partial charge is 0.338 e. The quantitative estimate of drug-likeness (QED) is 0.761. The van der Waals surface area contributed by atoms with Crippen LogP contribution < -0.4 is 0 Å². The van der Waals surface area contributed by atoms with Crippen LogP contribution in [0.5, 0.6) is 5.75 Å². The number of aromatic hydroxyl groups is 1. The van der Waals surface area contributed by atoms with Gasteiger partial charge in [-0.3, -0.25) is 4.79 Å². The molecule has 0 aliphatic rings. The molecule has 0 aliphatic carbocycles. The third kappa shape index (κ3) is 3.79. The predicted octanol–water partition coefficient (Wildman–Crippen LogP) is 1.59. The zero-order valence-electron chi connectivity index (χ0n) is 9.47. The standard InChI is InChI=1S/C12H14O5/c1-2-17-12(16)9-4-3-8(10(13)7-9)5-6-11(14)15/h3-4,7,13H,2,5-6H2,1H3,(H,14,15). The fourth-order valence-electron chi connectivity index (χ4n) is 1.36. The van der Waals surface area contributed by atoms with E-state index < -0.39 is 11.9 Å². The molecule has 5 nitrogen and oxygen atoms in total. The lowest BCUT2D eigenvalue weighted by Crippen LogP contribution is -2.05. The number of carbonyl (C=O) groups excluding carboxylic acids is 1. The summed E-state index contributed by atoms with van der Waals surface area (Å²) in [7, 11) is 0. The summed E-state index contributed by atoms with van der Waals surface area (Å²) in [6, 6.07) is 4.33. The van der Waals surface area contributed by atoms with Gasteiger partial charge in [0.1, 0.15) is 5.75 Å². The van der Waals surface area contributed by atoms with E-state index in [1.54, 1.807) is 6.92 Å². The van der Waals surface area contributed by atoms with E-state index in [4.69, 9.17) is 9.84 Å². The number of ether oxygens (including phenoxy) is 1. The number of aryl methyl sites for hydroxylation is 1. The summed E-state index contributed by atoms with van der Waals surface area (Å²) >= 11 is 0. The van der Waals surface area contributed by atoms with Crippen LogP contribution in [0.3, 0.4) is 0 Å². The summed E-state index contributed by atoms with van der Waals surface area (Å²) in [6.45, 7) is 1.96. The summed E-state index contributed by atoms with van der Waals surface area (Å²) in [4.78, 5) is 21.7. The second-order valence-electron chi connectivity index (χ2n) is 3.46. The molecule has 0 radical (unpaired) electrons. The van der Waals surface area contributed by atoms with E-state index >= 15 is 0 Å². The van der Waals surface area contributed by atoms with Crippen LogP contribution in [0.25, 0.3) is 0 Å². The maximum atomic E-state index is 11.3. The first-order valence-corrected chi connectivity index (χ1v) is 5.25. The van der Waals surface area contributed by atoms with E-state index in [0.717, 1.165) is 0 Å². The van der Waals surface area contributed by atoms with E-state index in [2.05, 4.69) is 0 Å². The fourth-order valence-corrected chi connectivity index (χ4v) is 1.36. The molecular formula is C12H14O5. The minimum absolute atomic E-state index is 0.0632. The summed E-state index contributed by atoms with van der Waals surface area (Å²) in [6.07, 6.45) is 0.163. The Hall–Kier alpha value is -2.04. The fraction of sp³-hybridized carbons (Fsp3) is 0.333. The lowest BCUT2D eigenvalue weighted by atomic mass is 10.1. The Morgan fingerprint density at radius 2 is 2.06 bits per heavy atom. The van der Waals surface area contributed by atoms with Gasteiger partial charge in [-0.1, -0.05) is 6.07 Å². The molecule has 0 bridgehead atoms. The molecule has 5 heteroatoms. The Morgan fingerprint density at radius 3 is 2.59 bits per heavy atom. The number of rotatable bonds is 5. The minimum atomic E-state index is -0.932. The molecule has 0 saturated carbocycles. The van der Waals surface area contributed by atoms with E-state index in [1.165, 1.54) is 18.2 Å². The van der Waals surface area contributed by atoms with Crippen molar-refractivity contribution in [2.75, 3.05) is 6.61 Å². The van der Waals surface area contributed by atoms with E-state index in [1.807, 2.05) is 0 Å². The summed E-state index contributed by atoms with van der Waals surface area (Å²) < 4.78 is 4.78. The Kier molecular flexibility index (Phi) is 4.51. The first-order valence-electron chi connectivity index (χ1n) is 5.25. The molecule has 0 saturated heterocycles. The normalized spacial score (nSPS) is 9.94. The van der Waals surface area contributed by atoms with Crippen molar-refractivity contribution in [3.63, 3.8) is 0 Å². The molecule has 0 spiro atoms. The van der Waals surface area contributed by atoms with Crippen molar-refractivity contribution < 1.29 is 24.5 Å². The third-order valence-electron chi connectivity index (χ3n) is 2.20. The van der Waals surface area contributed by atoms with Crippen molar-refractivity contribution in [2.24, 2.45) is 0 Å². The first-order chi connectivity index (χ1) is 8.04. The molecule has 17 heavy (non-hydrogen) atoms. The van der Waals surface area contributed by atoms with Crippen LogP contribution in [0.1, 0.15) is 29.3 Å². The van der Waals surface area contributed by atoms with Gasteiger partial charge in [-0.2, -0.15) is 0 Å². The third-order valence-corrected chi connectivity index (χ3v) is 2.20. The van der Waals surface area contributed by atoms with Crippen LogP contribution in [0.4, 0.5) is 0 Å². The number of benzene rings is 1. The Labute approximate surface area is 98.6 Å². The summed E-state index contributed by atoms with van der Waals surface area (Å²) in [5.74, 6) is -1.52. The van der Waals surface area contributed by atoms with Crippen molar-refractivity contribution in [1.82, 2.24) is 0 Å². The molecule has 0 aromatic heterocycles. The van der Waals surface area contributed by atoms with Gasteiger partial charge < -0.3 is 14.9 Å². The number of carboxylic acid groups (broad SMARTS) is 1. The summed E-state index contributed by atoms with van der Waals surface area (Å²) in [5.41, 5.74) is 0.754. The maximum Gasteiger partial charge on any atom is 0.338 e. The van der Waals surface area contributed by atoms with Crippen molar-refractivity contribution in [3.05, 3.63) is 29.3 Å². The molecule has 1 rings (SSSR count). The minimum Gasteiger partial charge on any atom is -0.508 e. The number of hydrogen-bond acceptors (Lipinski definition) is 4. The lowest BCUT2D eigenvalue weighted by Gasteiger charge is -2.06. The highest BCUT2D eigenvalue weighted by Crippen LogP contribution is 2.20. The van der Waals surface area contributed by atoms with Crippen LogP contribution in [-0.4, -0.2) is 28.8 Å². The molecule has 92 valence electrons. The molecular weight excluding hydrogens is 224 g/mol. The number of phenolic OH excluding ortho intramolecular Hbond substituents is 1. The van der Waals surface area contributed by atoms with Gasteiger partial charge in [0.25, 0.3) is 0 Å². The highest BCUT2D eigenvalue weighted by Gasteiger charge is 2.10. The molecule has 0 heterocycles. The Balaban J connectivity index is 2.78. The maximum absolute atomic E-state index is 11.3. The lowest BCUT2D eigenvalue weighted by molar-refractivity contribution is -0.136. The number of carbonyl (C=O) groups is 2. The van der Waals surface area contributed by atoms with Crippen molar-refractivity contribution in [1.29, 1.82) is 0 Å². The van der Waals surface area contributed by atoms with Crippen LogP contribution in [0, 0.1) is 0 Å². The zero-order valence-corrected chi connectivity index (χ0v) is 9.47. The Morgan fingerprint density at radius 1 is 1.35 bits per heavy atom. The molecule has 2 N–H and O–H groups in total. The van der Waals surface area contributed by atoms with Gasteiger partial charge in [0.2, 0.25) is 0 Å². The number of esters is 1. The number of carboxylic acids is 1. The summed E-state index contributed by atoms with van der Waals surface area (Å²) in [5, 5.41) is 18.1. The van der Waals surface area contributed by atoms with Gasteiger partial charge in [0.05, 0.1) is 12.2 Å². The van der Waals surface area contributed by atoms with Crippen molar-refractivity contribution in [3.8, 4) is 5.75 Å². The number of phenols is 1. The first kappa shape index (κ1) is 13.0. The van der Waals surface area contributed by atoms with Crippen LogP contribution in [0.15, 0.2) is 18.2 Å². The van der Waals surface area contributed by atoms with Crippen LogP contribution >= 0.6 is 0 Å². The van der Waals surface area contributed by atoms with E-state index in [9.17, 15) is 14.7 Å². The molecule has 0 atom stereocenters. The highest BCUT2D eigenvalue weighted by molar-refractivity contribution is 5.90. The largest absolute Gasteiger partial charge is 0.508 e. The van der Waals surface area contributed by atoms with Crippen molar-refractivity contribution in [2.45, 2.75) is 19.8 Å². The molecule has 0 fully saturated rings. The van der Waals surface area contributed by atoms with Gasteiger partial charge in [-0.05, 0) is 31.0 Å². The average molecular weight is 238 g/mol. The Bertz CT molecular complexity index is 425. The zero-order chi connectivity index (χ0) is 12.8. The number of aliphatic carboxylic acids is 1. The molecule has 0 unspecified atom stereocenters. The van der Waals surface area contributed by atoms with Gasteiger partial charge >= 0.3 is 11.9 Å². The second-order valence-corrected chi connectivity index (χ2v) is 3.46. The van der Waals surface area contributed by atoms with Crippen molar-refractivity contribution >= 4 is 11.9 Å². The number of hydrogen-bond donors (Lipinski definition) is 2. The van der Waals surface area contributed by atoms with Crippen LogP contribution in [0.2, 0.25) is 0 Å². The second kappa shape index (κ2) is 5.89. The molecule has 0 amide bonds. The van der Waals surface area contributed by atoms with Gasteiger partial charge in [-0.25, -0.2) is 4.79 Å². The monoisotopic (exact) mass is 238 g/mol. The van der Waals surface area contributed by atoms with Crippen LogP contribution in [-0.2, 0) is 16.0 Å². The van der Waals surface area contributed by atoms with Gasteiger partial charge in [0.15, 0.2) is 0 Å². The predicted molar refractivity (Wildman–Crippen MR) is 60.0 cm³/mol. The van der Waals surface area contributed by atoms with Gasteiger partial charge in [0, 0.05) is 6.42 Å².